The lowest BCUT2D eigenvalue weighted by atomic mass is 9.65. The number of hydrogen-bond donors (Lipinski definition) is 1. The molecule has 0 aromatic heterocycles. The van der Waals surface area contributed by atoms with Gasteiger partial charge in [-0.25, -0.2) is 0 Å². The zero-order valence-electron chi connectivity index (χ0n) is 16.2. The minimum Gasteiger partial charge on any atom is -0.467 e. The van der Waals surface area contributed by atoms with E-state index in [0.29, 0.717) is 11.1 Å². The normalized spacial score (nSPS) is 20.1. The van der Waals surface area contributed by atoms with Crippen molar-refractivity contribution >= 4 is 39.4 Å². The van der Waals surface area contributed by atoms with Crippen LogP contribution >= 0.6 is 0 Å². The second kappa shape index (κ2) is 6.77. The Morgan fingerprint density at radius 1 is 1.07 bits per heavy atom. The molecule has 0 saturated heterocycles. The fourth-order valence-corrected chi connectivity index (χ4v) is 3.99. The minimum absolute atomic E-state index is 0.347. The average molecular weight is 395 g/mol. The Bertz CT molecular complexity index is 1050. The number of carbonyl (C=O) groups is 1. The smallest absolute Gasteiger partial charge is 0.304 e. The first-order valence-corrected chi connectivity index (χ1v) is 10.2. The van der Waals surface area contributed by atoms with Crippen LogP contribution in [0.1, 0.15) is 16.7 Å². The first-order chi connectivity index (χ1) is 13.0. The van der Waals surface area contributed by atoms with Gasteiger partial charge in [0.05, 0.1) is 4.55 Å². The summed E-state index contributed by atoms with van der Waals surface area (Å²) in [5.41, 5.74) is 6.51. The van der Waals surface area contributed by atoms with Crippen molar-refractivity contribution in [1.82, 2.24) is 0 Å². The molecule has 142 valence electrons. The maximum atomic E-state index is 13.0. The molecule has 0 amide bonds. The molecule has 2 aromatic carbocycles. The lowest BCUT2D eigenvalue weighted by molar-refractivity contribution is -0.126. The van der Waals surface area contributed by atoms with Gasteiger partial charge >= 0.3 is 10.1 Å². The summed E-state index contributed by atoms with van der Waals surface area (Å²) in [5, 5.41) is 0. The summed E-state index contributed by atoms with van der Waals surface area (Å²) in [6.07, 6.45) is 0. The van der Waals surface area contributed by atoms with Crippen molar-refractivity contribution in [3.8, 4) is 0 Å². The predicted molar refractivity (Wildman–Crippen MR) is 114 cm³/mol. The zero-order valence-corrected chi connectivity index (χ0v) is 17.0. The number of ether oxygens (including phenoxy) is 1. The molecule has 6 nitrogen and oxygen atoms in total. The van der Waals surface area contributed by atoms with Gasteiger partial charge in [-0.1, -0.05) is 60.2 Å². The maximum absolute atomic E-state index is 13.0. The van der Waals surface area contributed by atoms with Crippen molar-refractivity contribution in [1.29, 1.82) is 0 Å². The summed E-state index contributed by atoms with van der Waals surface area (Å²) in [6, 6.07) is 15.8. The second-order valence-electron chi connectivity index (χ2n) is 7.44. The van der Waals surface area contributed by atoms with E-state index in [1.54, 1.807) is 42.5 Å². The highest BCUT2D eigenvalue weighted by atomic mass is 32.2. The molecule has 1 aliphatic rings. The number of carbonyl (C=O) groups excluding carboxylic acids is 1. The second-order valence-corrected chi connectivity index (χ2v) is 9.53. The van der Waals surface area contributed by atoms with E-state index in [2.05, 4.69) is 0 Å². The van der Waals surface area contributed by atoms with Gasteiger partial charge in [0.25, 0.3) is 0 Å². The highest BCUT2D eigenvalue weighted by Crippen LogP contribution is 2.37. The largest absolute Gasteiger partial charge is 0.467 e. The third kappa shape index (κ3) is 3.22. The van der Waals surface area contributed by atoms with Gasteiger partial charge in [0.1, 0.15) is 15.7 Å². The van der Waals surface area contributed by atoms with Crippen LogP contribution in [-0.2, 0) is 33.9 Å². The summed E-state index contributed by atoms with van der Waals surface area (Å²) >= 11 is 0. The Hall–Kier alpha value is -2.61. The number of ketones is 1. The van der Waals surface area contributed by atoms with Crippen molar-refractivity contribution in [3.05, 3.63) is 82.9 Å². The maximum Gasteiger partial charge on any atom is 0.304 e. The Balaban J connectivity index is 1.93. The van der Waals surface area contributed by atoms with Crippen LogP contribution < -0.4 is 5.73 Å². The summed E-state index contributed by atoms with van der Waals surface area (Å²) < 4.78 is 35.4. The number of rotatable bonds is 5. The van der Waals surface area contributed by atoms with E-state index in [9.17, 15) is 13.2 Å². The molecule has 0 spiro atoms. The van der Waals surface area contributed by atoms with Crippen molar-refractivity contribution in [2.24, 2.45) is 5.73 Å². The Morgan fingerprint density at radius 2 is 1.64 bits per heavy atom. The zero-order chi connectivity index (χ0) is 20.7. The number of Topliss-reactive ketones (excluding diaryl/α,β-unsaturated/α-hetero) is 1. The third-order valence-corrected chi connectivity index (χ3v) is 6.94. The first-order valence-electron chi connectivity index (χ1n) is 8.79. The Morgan fingerprint density at radius 3 is 2.21 bits per heavy atom. The number of hydrogen-bond acceptors (Lipinski definition) is 6. The summed E-state index contributed by atoms with van der Waals surface area (Å²) in [4.78, 5) is 13.0. The highest BCUT2D eigenvalue weighted by molar-refractivity contribution is 7.90. The van der Waals surface area contributed by atoms with Gasteiger partial charge in [-0.3, -0.25) is 4.79 Å². The van der Waals surface area contributed by atoms with Gasteiger partial charge in [0.15, 0.2) is 13.3 Å². The van der Waals surface area contributed by atoms with Crippen LogP contribution in [0.25, 0.3) is 0 Å². The summed E-state index contributed by atoms with van der Waals surface area (Å²) in [6.45, 7) is 1.92. The molecule has 0 saturated carbocycles. The van der Waals surface area contributed by atoms with Gasteiger partial charge in [-0.05, 0) is 18.1 Å². The van der Waals surface area contributed by atoms with Crippen LogP contribution in [0.4, 0.5) is 0 Å². The molecule has 2 aromatic rings. The summed E-state index contributed by atoms with van der Waals surface area (Å²) in [5.74, 6) is -1.48. The predicted octanol–water partition coefficient (Wildman–Crippen LogP) is -1.07. The first kappa shape index (κ1) is 20.1. The lowest BCUT2D eigenvalue weighted by Crippen LogP contribution is -2.40. The van der Waals surface area contributed by atoms with Crippen LogP contribution in [0.3, 0.4) is 0 Å². The van der Waals surface area contributed by atoms with Crippen molar-refractivity contribution in [3.63, 3.8) is 0 Å². The van der Waals surface area contributed by atoms with E-state index in [4.69, 9.17) is 14.7 Å². The molecular weight excluding hydrogens is 375 g/mol. The van der Waals surface area contributed by atoms with E-state index in [-0.39, 0.29) is 5.88 Å². The molecule has 2 N–H and O–H groups in total. The molecular formula is C18H20B3NO5S. The minimum atomic E-state index is -4.24. The highest BCUT2D eigenvalue weighted by Gasteiger charge is 2.50. The van der Waals surface area contributed by atoms with Crippen LogP contribution in [0.15, 0.2) is 66.2 Å². The molecule has 0 radical (unpaired) electrons. The van der Waals surface area contributed by atoms with Crippen LogP contribution in [0.2, 0.25) is 0 Å². The number of nitrogens with two attached hydrogens (primary N) is 1. The van der Waals surface area contributed by atoms with E-state index in [1.807, 2.05) is 19.1 Å². The molecule has 10 heteroatoms. The molecule has 1 aliphatic heterocycles. The lowest BCUT2D eigenvalue weighted by Gasteiger charge is -2.26. The van der Waals surface area contributed by atoms with Gasteiger partial charge in [0, 0.05) is 0 Å². The van der Waals surface area contributed by atoms with E-state index in [0.717, 1.165) is 5.56 Å². The molecule has 0 aliphatic carbocycles. The van der Waals surface area contributed by atoms with Gasteiger partial charge in [0.2, 0.25) is 17.4 Å². The monoisotopic (exact) mass is 395 g/mol. The third-order valence-electron chi connectivity index (χ3n) is 5.07. The van der Waals surface area contributed by atoms with Crippen LogP contribution in [0.5, 0.6) is 0 Å². The van der Waals surface area contributed by atoms with Crippen LogP contribution in [-0.4, -0.2) is 37.7 Å². The van der Waals surface area contributed by atoms with E-state index < -0.39 is 31.7 Å². The number of benzene rings is 2. The quantitative estimate of drug-likeness (QED) is 0.512. The summed E-state index contributed by atoms with van der Waals surface area (Å²) in [7, 11) is 0.316. The average Bonchev–Trinajstić information content (AvgIpc) is 2.86. The van der Waals surface area contributed by atoms with Crippen molar-refractivity contribution in [2.75, 3.05) is 0 Å². The Labute approximate surface area is 167 Å². The fraction of sp³-hybridized carbons (Fsp3) is 0.167. The molecule has 0 fully saturated rings. The molecule has 28 heavy (non-hydrogen) atoms. The van der Waals surface area contributed by atoms with Gasteiger partial charge in [-0.2, -0.15) is 8.42 Å². The molecule has 3 rings (SSSR count). The topological polar surface area (TPSA) is 95.7 Å². The van der Waals surface area contributed by atoms with E-state index in [1.165, 1.54) is 23.5 Å². The van der Waals surface area contributed by atoms with Crippen molar-refractivity contribution < 1.29 is 22.1 Å². The van der Waals surface area contributed by atoms with Gasteiger partial charge < -0.3 is 14.7 Å². The molecule has 0 unspecified atom stereocenters. The standard InChI is InChI=1S/C18H20B3NO5S/c1-11-7-9-12(10-8-11)17(19)15(23)14(16(22)26-17)27-28(24,25)18(20,21)13-5-3-2-4-6-13/h2-10H,19-22H2,1H3/t17-/m1/s1. The molecule has 1 heterocycles. The molecule has 0 bridgehead atoms. The van der Waals surface area contributed by atoms with Crippen LogP contribution in [0, 0.1) is 6.92 Å². The Kier molecular flexibility index (Phi) is 4.87. The molecule has 1 atom stereocenters. The van der Waals surface area contributed by atoms with Crippen molar-refractivity contribution in [2.45, 2.75) is 17.0 Å². The fourth-order valence-electron chi connectivity index (χ4n) is 2.98. The van der Waals surface area contributed by atoms with E-state index >= 15 is 0 Å². The SMILES string of the molecule is BC(B)(c1ccccc1)S(=O)(=O)OC1=C(N)O[C@](B)(c2ccc(C)cc2)C1=O. The number of aryl methyl sites for hydroxylation is 1. The van der Waals surface area contributed by atoms with Gasteiger partial charge in [-0.15, -0.1) is 0 Å².